The Morgan fingerprint density at radius 3 is 2.93 bits per heavy atom. The van der Waals surface area contributed by atoms with Gasteiger partial charge in [0.25, 0.3) is 5.91 Å². The number of amides is 2. The van der Waals surface area contributed by atoms with E-state index >= 15 is 0 Å². The second-order valence-corrected chi connectivity index (χ2v) is 8.48. The summed E-state index contributed by atoms with van der Waals surface area (Å²) >= 11 is 0. The second-order valence-electron chi connectivity index (χ2n) is 8.48. The number of carbonyl (C=O) groups is 2. The molecule has 2 aliphatic heterocycles. The zero-order valence-electron chi connectivity index (χ0n) is 16.7. The summed E-state index contributed by atoms with van der Waals surface area (Å²) in [7, 11) is 0. The molecule has 3 atom stereocenters. The Bertz CT molecular complexity index is 736. The molecule has 1 aliphatic carbocycles. The average molecular weight is 386 g/mol. The topological polar surface area (TPSA) is 70.7 Å². The van der Waals surface area contributed by atoms with Crippen LogP contribution in [-0.2, 0) is 22.6 Å². The molecule has 2 fully saturated rings. The Balaban J connectivity index is 1.40. The maximum absolute atomic E-state index is 12.9. The molecule has 1 unspecified atom stereocenters. The van der Waals surface area contributed by atoms with Crippen molar-refractivity contribution < 1.29 is 14.3 Å². The Morgan fingerprint density at radius 1 is 1.21 bits per heavy atom. The molecule has 0 bridgehead atoms. The Hall–Kier alpha value is -1.92. The van der Waals surface area contributed by atoms with Crippen molar-refractivity contribution in [2.75, 3.05) is 13.3 Å². The number of nitrogens with one attached hydrogen (secondary N) is 2. The van der Waals surface area contributed by atoms with Crippen LogP contribution in [0.25, 0.3) is 0 Å². The minimum absolute atomic E-state index is 0.0147. The highest BCUT2D eigenvalue weighted by molar-refractivity contribution is 5.98. The molecule has 0 spiro atoms. The van der Waals surface area contributed by atoms with Gasteiger partial charge < -0.3 is 20.3 Å². The summed E-state index contributed by atoms with van der Waals surface area (Å²) in [5, 5.41) is 6.43. The third-order valence-corrected chi connectivity index (χ3v) is 6.51. The summed E-state index contributed by atoms with van der Waals surface area (Å²) in [4.78, 5) is 26.4. The van der Waals surface area contributed by atoms with Crippen LogP contribution in [0.2, 0.25) is 0 Å². The van der Waals surface area contributed by atoms with Gasteiger partial charge in [0.05, 0.1) is 12.6 Å². The summed E-state index contributed by atoms with van der Waals surface area (Å²) in [5.74, 6) is 0.779. The summed E-state index contributed by atoms with van der Waals surface area (Å²) in [6.07, 6.45) is 6.31. The van der Waals surface area contributed by atoms with Crippen LogP contribution in [0.15, 0.2) is 18.2 Å². The summed E-state index contributed by atoms with van der Waals surface area (Å²) in [6, 6.07) is 6.76. The summed E-state index contributed by atoms with van der Waals surface area (Å²) < 4.78 is 5.52. The van der Waals surface area contributed by atoms with Gasteiger partial charge in [0.15, 0.2) is 0 Å². The molecule has 1 aromatic rings. The van der Waals surface area contributed by atoms with Crippen molar-refractivity contribution in [3.63, 3.8) is 0 Å². The predicted octanol–water partition coefficient (Wildman–Crippen LogP) is 2.56. The maximum Gasteiger partial charge on any atom is 0.254 e. The van der Waals surface area contributed by atoms with E-state index in [9.17, 15) is 9.59 Å². The van der Waals surface area contributed by atoms with Crippen LogP contribution >= 0.6 is 0 Å². The van der Waals surface area contributed by atoms with Crippen molar-refractivity contribution in [1.29, 1.82) is 0 Å². The molecular weight excluding hydrogens is 354 g/mol. The Morgan fingerprint density at radius 2 is 2.07 bits per heavy atom. The van der Waals surface area contributed by atoms with Crippen molar-refractivity contribution in [2.24, 2.45) is 5.92 Å². The van der Waals surface area contributed by atoms with Crippen molar-refractivity contribution >= 4 is 11.8 Å². The number of fused-ring (bicyclic) bond motifs is 1. The van der Waals surface area contributed by atoms with E-state index in [4.69, 9.17) is 4.74 Å². The molecule has 6 nitrogen and oxygen atoms in total. The number of carbonyl (C=O) groups excluding carboxylic acids is 2. The molecule has 6 heteroatoms. The number of rotatable bonds is 4. The first-order chi connectivity index (χ1) is 13.6. The van der Waals surface area contributed by atoms with Crippen LogP contribution in [0.1, 0.15) is 66.9 Å². The molecule has 4 rings (SSSR count). The van der Waals surface area contributed by atoms with Crippen molar-refractivity contribution in [1.82, 2.24) is 15.5 Å². The van der Waals surface area contributed by atoms with E-state index < -0.39 is 0 Å². The highest BCUT2D eigenvalue weighted by atomic mass is 16.5. The SMILES string of the molecule is C[C@@H]1CCCC[C@H]1NCc1ccc2c(c1)CN(C1CCC(=O)NCOC1)C2=O. The normalized spacial score (nSPS) is 28.5. The first-order valence-electron chi connectivity index (χ1n) is 10.6. The van der Waals surface area contributed by atoms with E-state index in [0.29, 0.717) is 32.0 Å². The van der Waals surface area contributed by atoms with E-state index in [1.165, 1.54) is 31.2 Å². The molecule has 2 heterocycles. The lowest BCUT2D eigenvalue weighted by Gasteiger charge is -2.29. The molecule has 2 N–H and O–H groups in total. The fourth-order valence-corrected chi connectivity index (χ4v) is 4.71. The molecule has 152 valence electrons. The van der Waals surface area contributed by atoms with Gasteiger partial charge in [0.1, 0.15) is 6.73 Å². The molecule has 0 aromatic heterocycles. The van der Waals surface area contributed by atoms with Crippen LogP contribution in [0.5, 0.6) is 0 Å². The van der Waals surface area contributed by atoms with E-state index in [1.54, 1.807) is 0 Å². The zero-order chi connectivity index (χ0) is 19.5. The van der Waals surface area contributed by atoms with Crippen LogP contribution in [0, 0.1) is 5.92 Å². The van der Waals surface area contributed by atoms with Gasteiger partial charge in [-0.25, -0.2) is 0 Å². The molecule has 1 saturated carbocycles. The van der Waals surface area contributed by atoms with Gasteiger partial charge in [-0.2, -0.15) is 0 Å². The molecule has 0 radical (unpaired) electrons. The van der Waals surface area contributed by atoms with Crippen molar-refractivity contribution in [3.05, 3.63) is 34.9 Å². The van der Waals surface area contributed by atoms with Gasteiger partial charge in [-0.1, -0.05) is 31.9 Å². The van der Waals surface area contributed by atoms with Crippen molar-refractivity contribution in [3.8, 4) is 0 Å². The number of ether oxygens (including phenoxy) is 1. The van der Waals surface area contributed by atoms with E-state index in [2.05, 4.69) is 29.7 Å². The fourth-order valence-electron chi connectivity index (χ4n) is 4.71. The summed E-state index contributed by atoms with van der Waals surface area (Å²) in [5.41, 5.74) is 3.12. The maximum atomic E-state index is 12.9. The minimum atomic E-state index is -0.0457. The molecular formula is C22H31N3O3. The Kier molecular flexibility index (Phi) is 5.97. The lowest BCUT2D eigenvalue weighted by molar-refractivity contribution is -0.124. The van der Waals surface area contributed by atoms with Crippen LogP contribution < -0.4 is 10.6 Å². The number of hydrogen-bond donors (Lipinski definition) is 2. The van der Waals surface area contributed by atoms with Crippen LogP contribution in [0.4, 0.5) is 0 Å². The van der Waals surface area contributed by atoms with Crippen molar-refractivity contribution in [2.45, 2.75) is 70.6 Å². The van der Waals surface area contributed by atoms with Gasteiger partial charge in [-0.3, -0.25) is 9.59 Å². The fraction of sp³-hybridized carbons (Fsp3) is 0.636. The van der Waals surface area contributed by atoms with E-state index in [1.807, 2.05) is 11.0 Å². The van der Waals surface area contributed by atoms with Crippen LogP contribution in [0.3, 0.4) is 0 Å². The number of nitrogens with zero attached hydrogens (tertiary/aromatic N) is 1. The van der Waals surface area contributed by atoms with Gasteiger partial charge in [0, 0.05) is 31.1 Å². The molecule has 1 saturated heterocycles. The monoisotopic (exact) mass is 385 g/mol. The van der Waals surface area contributed by atoms with E-state index in [0.717, 1.165) is 23.6 Å². The number of benzene rings is 1. The van der Waals surface area contributed by atoms with Gasteiger partial charge in [-0.15, -0.1) is 0 Å². The van der Waals surface area contributed by atoms with Crippen LogP contribution in [-0.4, -0.2) is 42.1 Å². The third-order valence-electron chi connectivity index (χ3n) is 6.51. The standard InChI is InChI=1S/C22H31N3O3/c1-15-4-2-3-5-20(15)23-11-16-6-8-19-17(10-16)12-25(22(19)27)18-7-9-21(26)24-14-28-13-18/h6,8,10,15,18,20,23H,2-5,7,9,11-14H2,1H3,(H,24,26)/t15-,18?,20-/m1/s1. The van der Waals surface area contributed by atoms with Gasteiger partial charge in [-0.05, 0) is 42.4 Å². The van der Waals surface area contributed by atoms with Gasteiger partial charge in [0.2, 0.25) is 5.91 Å². The lowest BCUT2D eigenvalue weighted by atomic mass is 9.86. The minimum Gasteiger partial charge on any atom is -0.359 e. The molecule has 3 aliphatic rings. The van der Waals surface area contributed by atoms with Gasteiger partial charge >= 0.3 is 0 Å². The Labute approximate surface area is 167 Å². The van der Waals surface area contributed by atoms with E-state index in [-0.39, 0.29) is 24.6 Å². The predicted molar refractivity (Wildman–Crippen MR) is 107 cm³/mol. The molecule has 1 aromatic carbocycles. The smallest absolute Gasteiger partial charge is 0.254 e. The average Bonchev–Trinajstić information content (AvgIpc) is 3.00. The largest absolute Gasteiger partial charge is 0.359 e. The molecule has 28 heavy (non-hydrogen) atoms. The zero-order valence-corrected chi connectivity index (χ0v) is 16.7. The highest BCUT2D eigenvalue weighted by Crippen LogP contribution is 2.28. The lowest BCUT2D eigenvalue weighted by Crippen LogP contribution is -2.42. The summed E-state index contributed by atoms with van der Waals surface area (Å²) in [6.45, 7) is 4.49. The first-order valence-corrected chi connectivity index (χ1v) is 10.6. The first kappa shape index (κ1) is 19.4. The molecule has 2 amide bonds. The third kappa shape index (κ3) is 4.23. The quantitative estimate of drug-likeness (QED) is 0.836. The number of hydrogen-bond acceptors (Lipinski definition) is 4. The second kappa shape index (κ2) is 8.62. The highest BCUT2D eigenvalue weighted by Gasteiger charge is 2.33.